The highest BCUT2D eigenvalue weighted by Gasteiger charge is 2.32. The van der Waals surface area contributed by atoms with E-state index in [9.17, 15) is 19.2 Å². The normalized spacial score (nSPS) is 14.8. The van der Waals surface area contributed by atoms with E-state index in [4.69, 9.17) is 0 Å². The molecule has 0 atom stereocenters. The lowest BCUT2D eigenvalue weighted by Gasteiger charge is -2.12. The van der Waals surface area contributed by atoms with Gasteiger partial charge in [-0.3, -0.25) is 14.4 Å². The van der Waals surface area contributed by atoms with Crippen LogP contribution in [0.4, 0.5) is 0 Å². The number of carbonyl (C=O) groups excluding carboxylic acids is 4. The molecule has 3 amide bonds. The van der Waals surface area contributed by atoms with Crippen LogP contribution in [-0.2, 0) is 24.0 Å². The zero-order valence-electron chi connectivity index (χ0n) is 10.2. The molecule has 1 saturated heterocycles. The summed E-state index contributed by atoms with van der Waals surface area (Å²) in [5.74, 6) is -1.69. The molecule has 0 unspecified atom stereocenters. The highest BCUT2D eigenvalue weighted by Crippen LogP contribution is 2.13. The van der Waals surface area contributed by atoms with Crippen LogP contribution in [0.5, 0.6) is 0 Å². The smallest absolute Gasteiger partial charge is 0.333 e. The van der Waals surface area contributed by atoms with Crippen molar-refractivity contribution in [3.8, 4) is 0 Å². The fourth-order valence-corrected chi connectivity index (χ4v) is 1.49. The summed E-state index contributed by atoms with van der Waals surface area (Å²) in [6, 6.07) is 0. The van der Waals surface area contributed by atoms with Gasteiger partial charge >= 0.3 is 5.97 Å². The molecule has 1 N–H and O–H groups in total. The molecule has 7 nitrogen and oxygen atoms in total. The van der Waals surface area contributed by atoms with Crippen molar-refractivity contribution in [2.75, 3.05) is 7.05 Å². The van der Waals surface area contributed by atoms with E-state index in [1.54, 1.807) is 7.05 Å². The number of unbranched alkanes of at least 4 members (excludes halogenated alkanes) is 1. The van der Waals surface area contributed by atoms with Crippen LogP contribution in [-0.4, -0.2) is 35.8 Å². The number of rotatable bonds is 6. The summed E-state index contributed by atoms with van der Waals surface area (Å²) < 4.78 is 0. The molecule has 0 spiro atoms. The van der Waals surface area contributed by atoms with Gasteiger partial charge in [0.25, 0.3) is 11.8 Å². The summed E-state index contributed by atoms with van der Waals surface area (Å²) in [6.07, 6.45) is 1.62. The number of hydroxylamine groups is 2. The minimum atomic E-state index is -0.629. The average Bonchev–Trinajstić information content (AvgIpc) is 2.66. The quantitative estimate of drug-likeness (QED) is 0.529. The van der Waals surface area contributed by atoms with Gasteiger partial charge in [0.05, 0.1) is 0 Å². The van der Waals surface area contributed by atoms with Gasteiger partial charge in [-0.05, 0) is 12.8 Å². The van der Waals surface area contributed by atoms with Gasteiger partial charge < -0.3 is 10.2 Å². The molecule has 7 heteroatoms. The molecule has 0 aromatic heterocycles. The summed E-state index contributed by atoms with van der Waals surface area (Å²) in [7, 11) is 1.54. The van der Waals surface area contributed by atoms with Crippen molar-refractivity contribution in [1.29, 1.82) is 0 Å². The molecule has 100 valence electrons. The predicted octanol–water partition coefficient (Wildman–Crippen LogP) is -0.100. The van der Waals surface area contributed by atoms with E-state index in [-0.39, 0.29) is 25.2 Å². The molecule has 1 aliphatic heterocycles. The van der Waals surface area contributed by atoms with E-state index in [1.165, 1.54) is 0 Å². The van der Waals surface area contributed by atoms with Crippen LogP contribution in [0.25, 0.3) is 0 Å². The minimum absolute atomic E-state index is 0.0774. The molecular weight excluding hydrogens is 240 g/mol. The van der Waals surface area contributed by atoms with Crippen molar-refractivity contribution in [1.82, 2.24) is 10.4 Å². The van der Waals surface area contributed by atoms with Crippen molar-refractivity contribution in [3.05, 3.63) is 0 Å². The minimum Gasteiger partial charge on any atom is -0.359 e. The second-order valence-electron chi connectivity index (χ2n) is 3.93. The summed E-state index contributed by atoms with van der Waals surface area (Å²) in [4.78, 5) is 49.2. The SMILES string of the molecule is CNC(=O)CCCCC(=O)ON1C(=O)CCC1=O. The van der Waals surface area contributed by atoms with Gasteiger partial charge in [0.1, 0.15) is 0 Å². The first kappa shape index (κ1) is 14.1. The van der Waals surface area contributed by atoms with Gasteiger partial charge in [-0.2, -0.15) is 0 Å². The molecule has 0 radical (unpaired) electrons. The Hall–Kier alpha value is -1.92. The summed E-state index contributed by atoms with van der Waals surface area (Å²) in [5, 5.41) is 3.00. The number of carbonyl (C=O) groups is 4. The monoisotopic (exact) mass is 256 g/mol. The van der Waals surface area contributed by atoms with Crippen LogP contribution in [0.2, 0.25) is 0 Å². The molecule has 0 aromatic rings. The third-order valence-electron chi connectivity index (χ3n) is 2.51. The van der Waals surface area contributed by atoms with E-state index >= 15 is 0 Å². The molecule has 0 saturated carbocycles. The van der Waals surface area contributed by atoms with E-state index in [0.29, 0.717) is 24.3 Å². The molecule has 0 aromatic carbocycles. The van der Waals surface area contributed by atoms with Gasteiger partial charge in [-0.25, -0.2) is 4.79 Å². The zero-order valence-corrected chi connectivity index (χ0v) is 10.2. The number of imide groups is 1. The first-order valence-corrected chi connectivity index (χ1v) is 5.81. The number of hydrogen-bond donors (Lipinski definition) is 1. The lowest BCUT2D eigenvalue weighted by Crippen LogP contribution is -2.31. The van der Waals surface area contributed by atoms with Gasteiger partial charge in [0.2, 0.25) is 5.91 Å². The van der Waals surface area contributed by atoms with Crippen LogP contribution >= 0.6 is 0 Å². The molecule has 0 aliphatic carbocycles. The van der Waals surface area contributed by atoms with Gasteiger partial charge in [-0.1, -0.05) is 0 Å². The van der Waals surface area contributed by atoms with Gasteiger partial charge in [0.15, 0.2) is 0 Å². The van der Waals surface area contributed by atoms with Crippen LogP contribution in [0.3, 0.4) is 0 Å². The Bertz CT molecular complexity index is 350. The van der Waals surface area contributed by atoms with E-state index in [2.05, 4.69) is 10.2 Å². The Balaban J connectivity index is 2.20. The molecule has 0 bridgehead atoms. The summed E-state index contributed by atoms with van der Waals surface area (Å²) >= 11 is 0. The highest BCUT2D eigenvalue weighted by atomic mass is 16.7. The fourth-order valence-electron chi connectivity index (χ4n) is 1.49. The van der Waals surface area contributed by atoms with Crippen molar-refractivity contribution in [3.63, 3.8) is 0 Å². The zero-order chi connectivity index (χ0) is 13.5. The predicted molar refractivity (Wildman–Crippen MR) is 59.7 cm³/mol. The largest absolute Gasteiger partial charge is 0.359 e. The van der Waals surface area contributed by atoms with Crippen LogP contribution in [0.15, 0.2) is 0 Å². The maximum absolute atomic E-state index is 11.3. The molecule has 1 heterocycles. The number of hydrogen-bond acceptors (Lipinski definition) is 5. The lowest BCUT2D eigenvalue weighted by molar-refractivity contribution is -0.197. The topological polar surface area (TPSA) is 92.8 Å². The molecule has 1 rings (SSSR count). The maximum atomic E-state index is 11.3. The van der Waals surface area contributed by atoms with E-state index in [1.807, 2.05) is 0 Å². The molecule has 1 fully saturated rings. The highest BCUT2D eigenvalue weighted by molar-refractivity contribution is 6.01. The maximum Gasteiger partial charge on any atom is 0.333 e. The first-order valence-electron chi connectivity index (χ1n) is 5.81. The third-order valence-corrected chi connectivity index (χ3v) is 2.51. The lowest BCUT2D eigenvalue weighted by atomic mass is 10.2. The fraction of sp³-hybridized carbons (Fsp3) is 0.636. The molecule has 1 aliphatic rings. The second kappa shape index (κ2) is 6.73. The van der Waals surface area contributed by atoms with Crippen molar-refractivity contribution in [2.45, 2.75) is 38.5 Å². The van der Waals surface area contributed by atoms with Crippen molar-refractivity contribution < 1.29 is 24.0 Å². The van der Waals surface area contributed by atoms with Gasteiger partial charge in [-0.15, -0.1) is 5.06 Å². The first-order chi connectivity index (χ1) is 8.54. The Morgan fingerprint density at radius 1 is 1.17 bits per heavy atom. The van der Waals surface area contributed by atoms with Gasteiger partial charge in [0, 0.05) is 32.7 Å². The summed E-state index contributed by atoms with van der Waals surface area (Å²) in [6.45, 7) is 0. The third kappa shape index (κ3) is 4.15. The average molecular weight is 256 g/mol. The Labute approximate surface area is 104 Å². The summed E-state index contributed by atoms with van der Waals surface area (Å²) in [5.41, 5.74) is 0. The Morgan fingerprint density at radius 3 is 2.28 bits per heavy atom. The molecular formula is C11H16N2O5. The van der Waals surface area contributed by atoms with Crippen molar-refractivity contribution in [2.24, 2.45) is 0 Å². The van der Waals surface area contributed by atoms with Crippen LogP contribution in [0, 0.1) is 0 Å². The number of nitrogens with zero attached hydrogens (tertiary/aromatic N) is 1. The van der Waals surface area contributed by atoms with E-state index < -0.39 is 17.8 Å². The molecule has 18 heavy (non-hydrogen) atoms. The Morgan fingerprint density at radius 2 is 1.72 bits per heavy atom. The Kier molecular flexibility index (Phi) is 5.29. The van der Waals surface area contributed by atoms with Crippen LogP contribution < -0.4 is 5.32 Å². The van der Waals surface area contributed by atoms with Crippen LogP contribution in [0.1, 0.15) is 38.5 Å². The second-order valence-corrected chi connectivity index (χ2v) is 3.93. The number of amides is 3. The standard InChI is InChI=1S/C11H16N2O5/c1-12-8(14)4-2-3-5-11(17)18-13-9(15)6-7-10(13)16/h2-7H2,1H3,(H,12,14). The number of nitrogens with one attached hydrogen (secondary N) is 1. The van der Waals surface area contributed by atoms with Crippen molar-refractivity contribution >= 4 is 23.7 Å². The van der Waals surface area contributed by atoms with E-state index in [0.717, 1.165) is 0 Å².